The zero-order chi connectivity index (χ0) is 13.0. The van der Waals surface area contributed by atoms with Gasteiger partial charge in [-0.3, -0.25) is 0 Å². The summed E-state index contributed by atoms with van der Waals surface area (Å²) in [5, 5.41) is -0.275. The first-order valence-corrected chi connectivity index (χ1v) is 6.46. The summed E-state index contributed by atoms with van der Waals surface area (Å²) in [4.78, 5) is 13.1. The largest absolute Gasteiger partial charge is 0.445 e. The molecule has 2 atom stereocenters. The predicted molar refractivity (Wildman–Crippen MR) is 70.5 cm³/mol. The van der Waals surface area contributed by atoms with Gasteiger partial charge in [-0.1, -0.05) is 30.3 Å². The van der Waals surface area contributed by atoms with Crippen LogP contribution in [-0.4, -0.2) is 35.5 Å². The van der Waals surface area contributed by atoms with E-state index in [9.17, 15) is 9.18 Å². The molecule has 1 fully saturated rings. The molecule has 2 rings (SSSR count). The molecule has 1 aliphatic rings. The van der Waals surface area contributed by atoms with Gasteiger partial charge in [-0.2, -0.15) is 12.6 Å². The average molecular weight is 269 g/mol. The van der Waals surface area contributed by atoms with Gasteiger partial charge < -0.3 is 9.64 Å². The molecule has 1 amide bonds. The number of likely N-dealkylation sites (tertiary alicyclic amines) is 1. The number of piperidine rings is 1. The van der Waals surface area contributed by atoms with Crippen LogP contribution in [0.25, 0.3) is 0 Å². The zero-order valence-corrected chi connectivity index (χ0v) is 10.9. The van der Waals surface area contributed by atoms with Crippen LogP contribution in [-0.2, 0) is 11.3 Å². The number of amides is 1. The van der Waals surface area contributed by atoms with E-state index in [0.717, 1.165) is 5.56 Å². The lowest BCUT2D eigenvalue weighted by Gasteiger charge is -2.31. The van der Waals surface area contributed by atoms with Gasteiger partial charge in [0.05, 0.1) is 6.54 Å². The molecular formula is C13H16FNO2S. The molecule has 0 aromatic heterocycles. The number of alkyl halides is 1. The Hall–Kier alpha value is -1.23. The molecule has 0 unspecified atom stereocenters. The van der Waals surface area contributed by atoms with Gasteiger partial charge in [0.2, 0.25) is 0 Å². The first kappa shape index (κ1) is 13.2. The number of carbonyl (C=O) groups excluding carboxylic acids is 1. The van der Waals surface area contributed by atoms with Crippen molar-refractivity contribution in [3.05, 3.63) is 35.9 Å². The monoisotopic (exact) mass is 269 g/mol. The van der Waals surface area contributed by atoms with E-state index >= 15 is 0 Å². The fourth-order valence-corrected chi connectivity index (χ4v) is 2.08. The first-order chi connectivity index (χ1) is 8.66. The Balaban J connectivity index is 1.82. The smallest absolute Gasteiger partial charge is 0.410 e. The molecule has 1 saturated heterocycles. The minimum absolute atomic E-state index is 0.0712. The second kappa shape index (κ2) is 6.09. The number of hydrogen-bond donors (Lipinski definition) is 1. The molecule has 0 radical (unpaired) electrons. The molecule has 0 bridgehead atoms. The van der Waals surface area contributed by atoms with Gasteiger partial charge in [-0.25, -0.2) is 9.18 Å². The Labute approximate surface area is 111 Å². The van der Waals surface area contributed by atoms with Gasteiger partial charge in [0.1, 0.15) is 12.8 Å². The van der Waals surface area contributed by atoms with Crippen molar-refractivity contribution in [3.8, 4) is 0 Å². The number of hydrogen-bond acceptors (Lipinski definition) is 3. The lowest BCUT2D eigenvalue weighted by molar-refractivity contribution is 0.0737. The molecule has 18 heavy (non-hydrogen) atoms. The lowest BCUT2D eigenvalue weighted by Crippen LogP contribution is -2.45. The minimum Gasteiger partial charge on any atom is -0.445 e. The molecular weight excluding hydrogens is 253 g/mol. The summed E-state index contributed by atoms with van der Waals surface area (Å²) in [6, 6.07) is 9.42. The molecule has 0 aliphatic carbocycles. The standard InChI is InChI=1S/C13H16FNO2S/c14-11-8-15(7-6-12(11)18)13(16)17-9-10-4-2-1-3-5-10/h1-5,11-12,18H,6-9H2/t11-,12-/m0/s1. The zero-order valence-electron chi connectivity index (χ0n) is 9.96. The van der Waals surface area contributed by atoms with E-state index in [1.54, 1.807) is 0 Å². The van der Waals surface area contributed by atoms with E-state index in [4.69, 9.17) is 4.74 Å². The quantitative estimate of drug-likeness (QED) is 0.836. The van der Waals surface area contributed by atoms with Crippen molar-refractivity contribution < 1.29 is 13.9 Å². The highest BCUT2D eigenvalue weighted by atomic mass is 32.1. The van der Waals surface area contributed by atoms with Crippen LogP contribution < -0.4 is 0 Å². The topological polar surface area (TPSA) is 29.5 Å². The van der Waals surface area contributed by atoms with Crippen LogP contribution in [0.15, 0.2) is 30.3 Å². The Bertz CT molecular complexity index is 401. The Morgan fingerprint density at radius 3 is 2.83 bits per heavy atom. The third-order valence-electron chi connectivity index (χ3n) is 2.97. The number of nitrogens with zero attached hydrogens (tertiary/aromatic N) is 1. The maximum Gasteiger partial charge on any atom is 0.410 e. The van der Waals surface area contributed by atoms with Gasteiger partial charge in [-0.15, -0.1) is 0 Å². The maximum atomic E-state index is 13.4. The summed E-state index contributed by atoms with van der Waals surface area (Å²) < 4.78 is 18.6. The summed E-state index contributed by atoms with van der Waals surface area (Å²) in [5.74, 6) is 0. The van der Waals surface area contributed by atoms with Crippen molar-refractivity contribution in [2.24, 2.45) is 0 Å². The third kappa shape index (κ3) is 3.38. The van der Waals surface area contributed by atoms with Gasteiger partial charge in [0.25, 0.3) is 0 Å². The van der Waals surface area contributed by atoms with Crippen molar-refractivity contribution in [2.45, 2.75) is 24.4 Å². The Morgan fingerprint density at radius 2 is 2.17 bits per heavy atom. The maximum absolute atomic E-state index is 13.4. The van der Waals surface area contributed by atoms with Crippen LogP contribution in [0.1, 0.15) is 12.0 Å². The summed E-state index contributed by atoms with van der Waals surface area (Å²) in [5.41, 5.74) is 0.923. The van der Waals surface area contributed by atoms with E-state index in [0.29, 0.717) is 13.0 Å². The minimum atomic E-state index is -1.08. The Kier molecular flexibility index (Phi) is 4.47. The van der Waals surface area contributed by atoms with Gasteiger partial charge in [0, 0.05) is 11.8 Å². The number of rotatable bonds is 2. The van der Waals surface area contributed by atoms with E-state index in [1.807, 2.05) is 30.3 Å². The van der Waals surface area contributed by atoms with Crippen LogP contribution in [0.2, 0.25) is 0 Å². The second-order valence-electron chi connectivity index (χ2n) is 4.36. The summed E-state index contributed by atoms with van der Waals surface area (Å²) in [6.45, 7) is 0.793. The summed E-state index contributed by atoms with van der Waals surface area (Å²) >= 11 is 4.12. The molecule has 98 valence electrons. The fourth-order valence-electron chi connectivity index (χ4n) is 1.87. The average Bonchev–Trinajstić information content (AvgIpc) is 2.40. The molecule has 0 spiro atoms. The second-order valence-corrected chi connectivity index (χ2v) is 5.02. The van der Waals surface area contributed by atoms with Crippen molar-refractivity contribution in [3.63, 3.8) is 0 Å². The summed E-state index contributed by atoms with van der Waals surface area (Å²) in [7, 11) is 0. The molecule has 1 heterocycles. The molecule has 1 aromatic carbocycles. The number of benzene rings is 1. The van der Waals surface area contributed by atoms with Crippen LogP contribution >= 0.6 is 12.6 Å². The van der Waals surface area contributed by atoms with E-state index < -0.39 is 12.3 Å². The molecule has 1 aliphatic heterocycles. The van der Waals surface area contributed by atoms with Gasteiger partial charge >= 0.3 is 6.09 Å². The molecule has 0 N–H and O–H groups in total. The van der Waals surface area contributed by atoms with E-state index in [-0.39, 0.29) is 18.4 Å². The molecule has 1 aromatic rings. The number of carbonyl (C=O) groups is 1. The molecule has 0 saturated carbocycles. The van der Waals surface area contributed by atoms with Crippen molar-refractivity contribution in [2.75, 3.05) is 13.1 Å². The number of halogens is 1. The normalized spacial score (nSPS) is 23.8. The van der Waals surface area contributed by atoms with Crippen molar-refractivity contribution >= 4 is 18.7 Å². The molecule has 5 heteroatoms. The van der Waals surface area contributed by atoms with E-state index in [1.165, 1.54) is 4.90 Å². The van der Waals surface area contributed by atoms with Gasteiger partial charge in [-0.05, 0) is 12.0 Å². The van der Waals surface area contributed by atoms with Crippen molar-refractivity contribution in [1.29, 1.82) is 0 Å². The highest BCUT2D eigenvalue weighted by Crippen LogP contribution is 2.19. The van der Waals surface area contributed by atoms with Crippen molar-refractivity contribution in [1.82, 2.24) is 4.90 Å². The lowest BCUT2D eigenvalue weighted by atomic mass is 10.1. The predicted octanol–water partition coefficient (Wildman–Crippen LogP) is 2.67. The summed E-state index contributed by atoms with van der Waals surface area (Å²) in [6.07, 6.45) is -0.974. The number of thiol groups is 1. The van der Waals surface area contributed by atoms with Crippen LogP contribution in [0.4, 0.5) is 9.18 Å². The van der Waals surface area contributed by atoms with Crippen LogP contribution in [0, 0.1) is 0 Å². The number of ether oxygens (including phenoxy) is 1. The first-order valence-electron chi connectivity index (χ1n) is 5.94. The van der Waals surface area contributed by atoms with Crippen LogP contribution in [0.3, 0.4) is 0 Å². The molecule has 3 nitrogen and oxygen atoms in total. The highest BCUT2D eigenvalue weighted by Gasteiger charge is 2.29. The highest BCUT2D eigenvalue weighted by molar-refractivity contribution is 7.81. The SMILES string of the molecule is O=C(OCc1ccccc1)N1CC[C@H](S)[C@@H](F)C1. The Morgan fingerprint density at radius 1 is 1.44 bits per heavy atom. The third-order valence-corrected chi connectivity index (χ3v) is 3.55. The fraction of sp³-hybridized carbons (Fsp3) is 0.462. The van der Waals surface area contributed by atoms with Gasteiger partial charge in [0.15, 0.2) is 0 Å². The van der Waals surface area contributed by atoms with E-state index in [2.05, 4.69) is 12.6 Å². The van der Waals surface area contributed by atoms with Crippen LogP contribution in [0.5, 0.6) is 0 Å².